The number of aryl methyl sites for hydroxylation is 3. The third kappa shape index (κ3) is 3.31. The summed E-state index contributed by atoms with van der Waals surface area (Å²) in [6.45, 7) is 6.16. The molecule has 0 radical (unpaired) electrons. The van der Waals surface area contributed by atoms with E-state index in [1.54, 1.807) is 12.1 Å². The first-order chi connectivity index (χ1) is 9.88. The van der Waals surface area contributed by atoms with Crippen molar-refractivity contribution in [2.75, 3.05) is 5.32 Å². The summed E-state index contributed by atoms with van der Waals surface area (Å²) in [5, 5.41) is 23.7. The second-order valence-corrected chi connectivity index (χ2v) is 5.19. The first-order valence-corrected chi connectivity index (χ1v) is 6.66. The zero-order valence-corrected chi connectivity index (χ0v) is 12.3. The molecule has 2 N–H and O–H groups in total. The summed E-state index contributed by atoms with van der Waals surface area (Å²) >= 11 is 0. The Bertz CT molecular complexity index is 673. The van der Waals surface area contributed by atoms with Gasteiger partial charge in [-0.3, -0.25) is 10.1 Å². The van der Waals surface area contributed by atoms with Crippen LogP contribution in [0.5, 0.6) is 5.75 Å². The van der Waals surface area contributed by atoms with Crippen LogP contribution in [-0.4, -0.2) is 10.0 Å². The van der Waals surface area contributed by atoms with Crippen LogP contribution >= 0.6 is 0 Å². The van der Waals surface area contributed by atoms with Gasteiger partial charge in [-0.05, 0) is 49.1 Å². The van der Waals surface area contributed by atoms with E-state index in [0.29, 0.717) is 12.3 Å². The molecule has 0 fully saturated rings. The fourth-order valence-electron chi connectivity index (χ4n) is 2.30. The molecular formula is C16H18N2O3. The molecule has 0 aliphatic heterocycles. The standard InChI is InChI=1S/C16H18N2O3/c1-10-8-14(18(20)21)4-5-15(10)17-9-13-6-11(2)16(19)12(3)7-13/h4-8,17,19H,9H2,1-3H3. The highest BCUT2D eigenvalue weighted by atomic mass is 16.6. The van der Waals surface area contributed by atoms with Crippen molar-refractivity contribution in [2.24, 2.45) is 0 Å². The number of benzene rings is 2. The molecule has 0 saturated heterocycles. The maximum absolute atomic E-state index is 10.7. The molecule has 2 aromatic carbocycles. The maximum atomic E-state index is 10.7. The van der Waals surface area contributed by atoms with Crippen molar-refractivity contribution in [2.45, 2.75) is 27.3 Å². The molecule has 0 saturated carbocycles. The van der Waals surface area contributed by atoms with Gasteiger partial charge in [0.15, 0.2) is 0 Å². The van der Waals surface area contributed by atoms with Crippen molar-refractivity contribution in [3.63, 3.8) is 0 Å². The van der Waals surface area contributed by atoms with E-state index in [-0.39, 0.29) is 5.69 Å². The first-order valence-electron chi connectivity index (χ1n) is 6.66. The lowest BCUT2D eigenvalue weighted by Gasteiger charge is -2.12. The Morgan fingerprint density at radius 3 is 2.24 bits per heavy atom. The summed E-state index contributed by atoms with van der Waals surface area (Å²) < 4.78 is 0. The van der Waals surface area contributed by atoms with Gasteiger partial charge in [0, 0.05) is 24.4 Å². The van der Waals surface area contributed by atoms with E-state index >= 15 is 0 Å². The van der Waals surface area contributed by atoms with Gasteiger partial charge in [-0.1, -0.05) is 12.1 Å². The van der Waals surface area contributed by atoms with Gasteiger partial charge in [0.05, 0.1) is 4.92 Å². The van der Waals surface area contributed by atoms with Gasteiger partial charge in [0.2, 0.25) is 0 Å². The molecule has 0 heterocycles. The van der Waals surface area contributed by atoms with Crippen LogP contribution in [0.15, 0.2) is 30.3 Å². The second-order valence-electron chi connectivity index (χ2n) is 5.19. The molecule has 110 valence electrons. The number of nitro groups is 1. The molecule has 0 spiro atoms. The van der Waals surface area contributed by atoms with Crippen molar-refractivity contribution < 1.29 is 10.0 Å². The molecule has 2 aromatic rings. The van der Waals surface area contributed by atoms with Crippen LogP contribution in [0.1, 0.15) is 22.3 Å². The Kier molecular flexibility index (Phi) is 4.12. The Hall–Kier alpha value is -2.56. The lowest BCUT2D eigenvalue weighted by Crippen LogP contribution is -2.02. The normalized spacial score (nSPS) is 10.4. The number of anilines is 1. The molecule has 5 heteroatoms. The smallest absolute Gasteiger partial charge is 0.269 e. The van der Waals surface area contributed by atoms with Crippen LogP contribution in [0.25, 0.3) is 0 Å². The molecule has 0 aliphatic carbocycles. The van der Waals surface area contributed by atoms with Gasteiger partial charge in [0.25, 0.3) is 5.69 Å². The van der Waals surface area contributed by atoms with E-state index in [4.69, 9.17) is 0 Å². The molecule has 0 amide bonds. The van der Waals surface area contributed by atoms with Crippen molar-refractivity contribution in [1.29, 1.82) is 0 Å². The Balaban J connectivity index is 2.15. The fourth-order valence-corrected chi connectivity index (χ4v) is 2.30. The lowest BCUT2D eigenvalue weighted by atomic mass is 10.1. The zero-order chi connectivity index (χ0) is 15.6. The summed E-state index contributed by atoms with van der Waals surface area (Å²) in [4.78, 5) is 10.3. The van der Waals surface area contributed by atoms with Crippen LogP contribution in [0.4, 0.5) is 11.4 Å². The van der Waals surface area contributed by atoms with Crippen LogP contribution in [0.3, 0.4) is 0 Å². The minimum absolute atomic E-state index is 0.0920. The number of hydrogen-bond acceptors (Lipinski definition) is 4. The Morgan fingerprint density at radius 1 is 1.10 bits per heavy atom. The van der Waals surface area contributed by atoms with E-state index in [2.05, 4.69) is 5.32 Å². The van der Waals surface area contributed by atoms with Gasteiger partial charge in [-0.2, -0.15) is 0 Å². The molecule has 21 heavy (non-hydrogen) atoms. The van der Waals surface area contributed by atoms with Crippen LogP contribution in [0, 0.1) is 30.9 Å². The van der Waals surface area contributed by atoms with E-state index in [9.17, 15) is 15.2 Å². The molecule has 2 rings (SSSR count). The summed E-state index contributed by atoms with van der Waals surface area (Å²) in [5.74, 6) is 0.324. The second kappa shape index (κ2) is 5.83. The van der Waals surface area contributed by atoms with Crippen molar-refractivity contribution in [3.05, 3.63) is 62.7 Å². The summed E-state index contributed by atoms with van der Waals surface area (Å²) in [5.41, 5.74) is 4.52. The number of non-ortho nitro benzene ring substituents is 1. The average Bonchev–Trinajstić information content (AvgIpc) is 2.43. The highest BCUT2D eigenvalue weighted by Gasteiger charge is 2.08. The summed E-state index contributed by atoms with van der Waals surface area (Å²) in [6.07, 6.45) is 0. The van der Waals surface area contributed by atoms with Crippen LogP contribution in [-0.2, 0) is 6.54 Å². The van der Waals surface area contributed by atoms with Crippen LogP contribution < -0.4 is 5.32 Å². The first kappa shape index (κ1) is 14.8. The van der Waals surface area contributed by atoms with Crippen molar-refractivity contribution in [3.8, 4) is 5.75 Å². The molecule has 0 aromatic heterocycles. The largest absolute Gasteiger partial charge is 0.507 e. The number of aromatic hydroxyl groups is 1. The third-order valence-electron chi connectivity index (χ3n) is 3.45. The number of nitrogens with zero attached hydrogens (tertiary/aromatic N) is 1. The number of rotatable bonds is 4. The lowest BCUT2D eigenvalue weighted by molar-refractivity contribution is -0.384. The fraction of sp³-hybridized carbons (Fsp3) is 0.250. The van der Waals surface area contributed by atoms with E-state index in [1.807, 2.05) is 32.9 Å². The monoisotopic (exact) mass is 286 g/mol. The van der Waals surface area contributed by atoms with Crippen LogP contribution in [0.2, 0.25) is 0 Å². The predicted octanol–water partition coefficient (Wildman–Crippen LogP) is 3.84. The molecule has 0 bridgehead atoms. The van der Waals surface area contributed by atoms with Gasteiger partial charge >= 0.3 is 0 Å². The minimum Gasteiger partial charge on any atom is -0.507 e. The van der Waals surface area contributed by atoms with E-state index in [1.165, 1.54) is 6.07 Å². The molecular weight excluding hydrogens is 268 g/mol. The highest BCUT2D eigenvalue weighted by molar-refractivity contribution is 5.56. The quantitative estimate of drug-likeness (QED) is 0.661. The summed E-state index contributed by atoms with van der Waals surface area (Å²) in [7, 11) is 0. The Morgan fingerprint density at radius 2 is 1.71 bits per heavy atom. The highest BCUT2D eigenvalue weighted by Crippen LogP contribution is 2.25. The maximum Gasteiger partial charge on any atom is 0.269 e. The van der Waals surface area contributed by atoms with Gasteiger partial charge in [-0.15, -0.1) is 0 Å². The number of nitro benzene ring substituents is 1. The van der Waals surface area contributed by atoms with Gasteiger partial charge in [0.1, 0.15) is 5.75 Å². The van der Waals surface area contributed by atoms with E-state index in [0.717, 1.165) is 27.9 Å². The van der Waals surface area contributed by atoms with Gasteiger partial charge in [-0.25, -0.2) is 0 Å². The van der Waals surface area contributed by atoms with E-state index < -0.39 is 4.92 Å². The average molecular weight is 286 g/mol. The zero-order valence-electron chi connectivity index (χ0n) is 12.3. The molecule has 0 unspecified atom stereocenters. The minimum atomic E-state index is -0.399. The topological polar surface area (TPSA) is 75.4 Å². The molecule has 0 atom stereocenters. The number of nitrogens with one attached hydrogen (secondary N) is 1. The third-order valence-corrected chi connectivity index (χ3v) is 3.45. The number of phenols is 1. The molecule has 5 nitrogen and oxygen atoms in total. The molecule has 0 aliphatic rings. The SMILES string of the molecule is Cc1cc([N+](=O)[O-])ccc1NCc1cc(C)c(O)c(C)c1. The predicted molar refractivity (Wildman–Crippen MR) is 82.7 cm³/mol. The van der Waals surface area contributed by atoms with Crippen molar-refractivity contribution in [1.82, 2.24) is 0 Å². The Labute approximate surface area is 123 Å². The number of phenolic OH excluding ortho intramolecular Hbond substituents is 1. The summed E-state index contributed by atoms with van der Waals surface area (Å²) in [6, 6.07) is 8.61. The van der Waals surface area contributed by atoms with Crippen molar-refractivity contribution >= 4 is 11.4 Å². The number of hydrogen-bond donors (Lipinski definition) is 2. The van der Waals surface area contributed by atoms with Gasteiger partial charge < -0.3 is 10.4 Å².